The number of methoxy groups -OCH3 is 1. The van der Waals surface area contributed by atoms with Crippen molar-refractivity contribution in [2.75, 3.05) is 7.11 Å². The second-order valence-corrected chi connectivity index (χ2v) is 4.43. The number of ether oxygens (including phenoxy) is 2. The number of benzene rings is 1. The molecular formula is C13H15NO3. The molecule has 1 atom stereocenters. The normalized spacial score (nSPS) is 20.1. The molecule has 0 radical (unpaired) electrons. The van der Waals surface area contributed by atoms with Crippen LogP contribution in [0.25, 0.3) is 0 Å². The van der Waals surface area contributed by atoms with Crippen LogP contribution in [0.3, 0.4) is 0 Å². The summed E-state index contributed by atoms with van der Waals surface area (Å²) in [6, 6.07) is 8.75. The Morgan fingerprint density at radius 2 is 1.94 bits per heavy atom. The first-order valence-electron chi connectivity index (χ1n) is 5.44. The Labute approximate surface area is 100 Å². The Morgan fingerprint density at radius 3 is 2.53 bits per heavy atom. The molecule has 1 aliphatic rings. The highest BCUT2D eigenvalue weighted by molar-refractivity contribution is 6.06. The highest BCUT2D eigenvalue weighted by atomic mass is 16.6. The predicted molar refractivity (Wildman–Crippen MR) is 63.9 cm³/mol. The molecule has 0 saturated carbocycles. The van der Waals surface area contributed by atoms with Crippen molar-refractivity contribution < 1.29 is 14.3 Å². The lowest BCUT2D eigenvalue weighted by Gasteiger charge is -2.24. The highest BCUT2D eigenvalue weighted by Gasteiger charge is 2.41. The van der Waals surface area contributed by atoms with Crippen LogP contribution in [0.5, 0.6) is 0 Å². The smallest absolute Gasteiger partial charge is 0.340 e. The Bertz CT molecular complexity index is 451. The molecule has 17 heavy (non-hydrogen) atoms. The number of rotatable bonds is 3. The van der Waals surface area contributed by atoms with Crippen LogP contribution in [0.1, 0.15) is 19.4 Å². The van der Waals surface area contributed by atoms with E-state index in [1.165, 1.54) is 0 Å². The zero-order chi connectivity index (χ0) is 12.5. The van der Waals surface area contributed by atoms with E-state index in [1.54, 1.807) is 7.11 Å². The molecule has 0 aromatic heterocycles. The monoisotopic (exact) mass is 233 g/mol. The quantitative estimate of drug-likeness (QED) is 0.748. The number of hydrogen-bond donors (Lipinski definition) is 0. The van der Waals surface area contributed by atoms with Gasteiger partial charge in [0.1, 0.15) is 0 Å². The third kappa shape index (κ3) is 2.22. The molecule has 0 N–H and O–H groups in total. The van der Waals surface area contributed by atoms with Crippen LogP contribution in [0.2, 0.25) is 0 Å². The largest absolute Gasteiger partial charge is 0.405 e. The molecule has 0 fully saturated rings. The van der Waals surface area contributed by atoms with Crippen molar-refractivity contribution in [3.8, 4) is 0 Å². The van der Waals surface area contributed by atoms with Crippen LogP contribution in [0.4, 0.5) is 0 Å². The molecule has 0 saturated heterocycles. The van der Waals surface area contributed by atoms with Gasteiger partial charge in [0.15, 0.2) is 6.04 Å². The van der Waals surface area contributed by atoms with E-state index >= 15 is 0 Å². The van der Waals surface area contributed by atoms with E-state index < -0.39 is 11.6 Å². The van der Waals surface area contributed by atoms with Crippen molar-refractivity contribution in [1.82, 2.24) is 0 Å². The van der Waals surface area contributed by atoms with E-state index in [-0.39, 0.29) is 5.97 Å². The summed E-state index contributed by atoms with van der Waals surface area (Å²) in [6.45, 7) is 3.63. The van der Waals surface area contributed by atoms with Crippen molar-refractivity contribution in [3.05, 3.63) is 35.9 Å². The Morgan fingerprint density at radius 1 is 1.29 bits per heavy atom. The SMILES string of the molecule is COC(C)(C)[C@H]1N=C(c2ccccc2)OC1=O. The number of nitrogens with zero attached hydrogens (tertiary/aromatic N) is 1. The summed E-state index contributed by atoms with van der Waals surface area (Å²) in [5, 5.41) is 0. The lowest BCUT2D eigenvalue weighted by molar-refractivity contribution is -0.140. The first-order valence-corrected chi connectivity index (χ1v) is 5.44. The second kappa shape index (κ2) is 4.30. The summed E-state index contributed by atoms with van der Waals surface area (Å²) >= 11 is 0. The van der Waals surface area contributed by atoms with E-state index in [4.69, 9.17) is 9.47 Å². The van der Waals surface area contributed by atoms with Gasteiger partial charge in [0, 0.05) is 12.7 Å². The predicted octanol–water partition coefficient (Wildman–Crippen LogP) is 1.78. The maximum atomic E-state index is 11.7. The van der Waals surface area contributed by atoms with Crippen molar-refractivity contribution >= 4 is 11.9 Å². The summed E-state index contributed by atoms with van der Waals surface area (Å²) in [4.78, 5) is 16.0. The molecule has 90 valence electrons. The third-order valence-corrected chi connectivity index (χ3v) is 2.87. The first-order chi connectivity index (χ1) is 8.04. The Hall–Kier alpha value is -1.68. The molecule has 1 aliphatic heterocycles. The van der Waals surface area contributed by atoms with Gasteiger partial charge in [-0.1, -0.05) is 18.2 Å². The zero-order valence-electron chi connectivity index (χ0n) is 10.1. The van der Waals surface area contributed by atoms with Gasteiger partial charge in [-0.25, -0.2) is 9.79 Å². The van der Waals surface area contributed by atoms with Crippen molar-refractivity contribution in [3.63, 3.8) is 0 Å². The van der Waals surface area contributed by atoms with E-state index in [2.05, 4.69) is 4.99 Å². The number of carbonyl (C=O) groups is 1. The van der Waals surface area contributed by atoms with Crippen molar-refractivity contribution in [1.29, 1.82) is 0 Å². The molecule has 0 aliphatic carbocycles. The average Bonchev–Trinajstić information content (AvgIpc) is 2.73. The van der Waals surface area contributed by atoms with Crippen LogP contribution in [0, 0.1) is 0 Å². The average molecular weight is 233 g/mol. The maximum Gasteiger partial charge on any atom is 0.340 e. The topological polar surface area (TPSA) is 47.9 Å². The van der Waals surface area contributed by atoms with E-state index in [0.717, 1.165) is 5.56 Å². The molecule has 0 bridgehead atoms. The van der Waals surface area contributed by atoms with Gasteiger partial charge in [-0.2, -0.15) is 0 Å². The highest BCUT2D eigenvalue weighted by Crippen LogP contribution is 2.24. The van der Waals surface area contributed by atoms with E-state index in [9.17, 15) is 4.79 Å². The third-order valence-electron chi connectivity index (χ3n) is 2.87. The van der Waals surface area contributed by atoms with Crippen LogP contribution in [-0.4, -0.2) is 30.6 Å². The van der Waals surface area contributed by atoms with Gasteiger partial charge in [0.05, 0.1) is 5.60 Å². The molecule has 0 unspecified atom stereocenters. The van der Waals surface area contributed by atoms with Crippen LogP contribution < -0.4 is 0 Å². The fourth-order valence-corrected chi connectivity index (χ4v) is 1.61. The van der Waals surface area contributed by atoms with E-state index in [0.29, 0.717) is 5.90 Å². The lowest BCUT2D eigenvalue weighted by Crippen LogP contribution is -2.40. The van der Waals surface area contributed by atoms with Gasteiger partial charge in [-0.3, -0.25) is 0 Å². The summed E-state index contributed by atoms with van der Waals surface area (Å²) in [6.07, 6.45) is 0. The van der Waals surface area contributed by atoms with Gasteiger partial charge in [-0.15, -0.1) is 0 Å². The summed E-state index contributed by atoms with van der Waals surface area (Å²) in [7, 11) is 1.56. The number of carbonyl (C=O) groups excluding carboxylic acids is 1. The maximum absolute atomic E-state index is 11.7. The number of cyclic esters (lactones) is 1. The fourth-order valence-electron chi connectivity index (χ4n) is 1.61. The molecule has 1 heterocycles. The molecule has 1 aromatic rings. The molecule has 4 nitrogen and oxygen atoms in total. The number of aliphatic imine (C=N–C) groups is 1. The molecular weight excluding hydrogens is 218 g/mol. The number of hydrogen-bond acceptors (Lipinski definition) is 4. The summed E-state index contributed by atoms with van der Waals surface area (Å²) in [5.41, 5.74) is 0.142. The fraction of sp³-hybridized carbons (Fsp3) is 0.385. The summed E-state index contributed by atoms with van der Waals surface area (Å²) < 4.78 is 10.4. The first kappa shape index (κ1) is 11.8. The lowest BCUT2D eigenvalue weighted by atomic mass is 10.00. The Balaban J connectivity index is 2.29. The van der Waals surface area contributed by atoms with Gasteiger partial charge < -0.3 is 9.47 Å². The number of esters is 1. The molecule has 0 amide bonds. The molecule has 4 heteroatoms. The minimum absolute atomic E-state index is 0.365. The Kier molecular flexibility index (Phi) is 2.98. The zero-order valence-corrected chi connectivity index (χ0v) is 10.1. The minimum atomic E-state index is -0.659. The van der Waals surface area contributed by atoms with Gasteiger partial charge >= 0.3 is 5.97 Å². The van der Waals surface area contributed by atoms with Gasteiger partial charge in [-0.05, 0) is 26.0 Å². The molecule has 1 aromatic carbocycles. The van der Waals surface area contributed by atoms with Crippen LogP contribution >= 0.6 is 0 Å². The molecule has 2 rings (SSSR count). The van der Waals surface area contributed by atoms with Gasteiger partial charge in [0.2, 0.25) is 5.90 Å². The van der Waals surface area contributed by atoms with Gasteiger partial charge in [0.25, 0.3) is 0 Å². The minimum Gasteiger partial charge on any atom is -0.405 e. The van der Waals surface area contributed by atoms with E-state index in [1.807, 2.05) is 44.2 Å². The van der Waals surface area contributed by atoms with Crippen molar-refractivity contribution in [2.24, 2.45) is 4.99 Å². The van der Waals surface area contributed by atoms with Crippen LogP contribution in [-0.2, 0) is 14.3 Å². The van der Waals surface area contributed by atoms with Crippen molar-refractivity contribution in [2.45, 2.75) is 25.5 Å². The second-order valence-electron chi connectivity index (χ2n) is 4.43. The standard InChI is InChI=1S/C13H15NO3/c1-13(2,16-3)10-12(15)17-11(14-10)9-7-5-4-6-8-9/h4-8,10H,1-3H3/t10-/m0/s1. The molecule has 0 spiro atoms. The van der Waals surface area contributed by atoms with Crippen LogP contribution in [0.15, 0.2) is 35.3 Å². The summed E-state index contributed by atoms with van der Waals surface area (Å²) in [5.74, 6) is 0.00132.